The number of hydrogen-bond donors (Lipinski definition) is 0. The third-order valence-corrected chi connectivity index (χ3v) is 0.957. The molecule has 0 aromatic carbocycles. The van der Waals surface area contributed by atoms with E-state index in [9.17, 15) is 13.2 Å². The van der Waals surface area contributed by atoms with E-state index in [2.05, 4.69) is 0 Å². The van der Waals surface area contributed by atoms with E-state index in [1.807, 2.05) is 0 Å². The molecule has 0 atom stereocenters. The van der Waals surface area contributed by atoms with E-state index < -0.39 is 12.1 Å². The minimum Gasteiger partial charge on any atom is -0.244 e. The summed E-state index contributed by atoms with van der Waals surface area (Å²) in [6.07, 6.45) is -2.78. The molecule has 3 heteroatoms. The van der Waals surface area contributed by atoms with Crippen LogP contribution in [0.15, 0.2) is 0 Å². The highest BCUT2D eigenvalue weighted by Gasteiger charge is 2.17. The van der Waals surface area contributed by atoms with Gasteiger partial charge >= 0.3 is 0 Å². The molecule has 0 nitrogen and oxygen atoms in total. The second kappa shape index (κ2) is 3.08. The smallest absolute Gasteiger partial charge is 0.238 e. The normalized spacial score (nSPS) is 12.7. The zero-order valence-corrected chi connectivity index (χ0v) is 5.63. The Kier molecular flexibility index (Phi) is 3.01. The number of alkyl halides is 3. The molecule has 0 aromatic heterocycles. The summed E-state index contributed by atoms with van der Waals surface area (Å²) in [7, 11) is 0. The molecule has 0 fully saturated rings. The maximum absolute atomic E-state index is 12.4. The number of rotatable bonds is 3. The van der Waals surface area contributed by atoms with Crippen molar-refractivity contribution in [2.24, 2.45) is 0 Å². The fourth-order valence-electron chi connectivity index (χ4n) is 0.452. The van der Waals surface area contributed by atoms with Crippen LogP contribution in [-0.4, -0.2) is 12.1 Å². The summed E-state index contributed by atoms with van der Waals surface area (Å²) in [4.78, 5) is 0. The zero-order chi connectivity index (χ0) is 7.49. The topological polar surface area (TPSA) is 0 Å². The van der Waals surface area contributed by atoms with Gasteiger partial charge in [-0.15, -0.1) is 0 Å². The lowest BCUT2D eigenvalue weighted by atomic mass is 10.1. The summed E-state index contributed by atoms with van der Waals surface area (Å²) >= 11 is 0. The van der Waals surface area contributed by atoms with Gasteiger partial charge in [-0.2, -0.15) is 0 Å². The molecule has 0 spiro atoms. The van der Waals surface area contributed by atoms with E-state index in [-0.39, 0.29) is 12.8 Å². The Morgan fingerprint density at radius 3 is 1.89 bits per heavy atom. The first-order valence-electron chi connectivity index (χ1n) is 2.89. The molecule has 0 aliphatic rings. The van der Waals surface area contributed by atoms with Crippen LogP contribution in [0.3, 0.4) is 0 Å². The van der Waals surface area contributed by atoms with E-state index in [1.54, 1.807) is 0 Å². The minimum atomic E-state index is -2.37. The van der Waals surface area contributed by atoms with Crippen molar-refractivity contribution in [1.29, 1.82) is 0 Å². The van der Waals surface area contributed by atoms with Gasteiger partial charge in [0.2, 0.25) is 6.43 Å². The second-order valence-electron chi connectivity index (χ2n) is 2.65. The van der Waals surface area contributed by atoms with Gasteiger partial charge in [-0.25, -0.2) is 13.2 Å². The van der Waals surface area contributed by atoms with E-state index in [0.29, 0.717) is 0 Å². The van der Waals surface area contributed by atoms with Gasteiger partial charge in [-0.3, -0.25) is 0 Å². The first-order chi connectivity index (χ1) is 3.92. The molecule has 0 saturated carbocycles. The van der Waals surface area contributed by atoms with Crippen LogP contribution in [0, 0.1) is 0 Å². The summed E-state index contributed by atoms with van der Waals surface area (Å²) in [5, 5.41) is 0. The Balaban J connectivity index is 3.28. The van der Waals surface area contributed by atoms with Crippen LogP contribution in [0.5, 0.6) is 0 Å². The van der Waals surface area contributed by atoms with Crippen molar-refractivity contribution in [3.05, 3.63) is 0 Å². The molecule has 0 aliphatic carbocycles. The minimum absolute atomic E-state index is 0.0648. The van der Waals surface area contributed by atoms with Crippen molar-refractivity contribution >= 4 is 0 Å². The van der Waals surface area contributed by atoms with Gasteiger partial charge in [0.1, 0.15) is 5.67 Å². The molecule has 56 valence electrons. The van der Waals surface area contributed by atoms with Crippen LogP contribution in [0.4, 0.5) is 13.2 Å². The maximum atomic E-state index is 12.4. The molecule has 9 heavy (non-hydrogen) atoms. The molecule has 0 rings (SSSR count). The Bertz CT molecular complexity index is 72.9. The van der Waals surface area contributed by atoms with Crippen molar-refractivity contribution in [3.63, 3.8) is 0 Å². The average Bonchev–Trinajstić information content (AvgIpc) is 1.59. The zero-order valence-electron chi connectivity index (χ0n) is 5.63. The van der Waals surface area contributed by atoms with Crippen molar-refractivity contribution in [3.8, 4) is 0 Å². The van der Waals surface area contributed by atoms with Gasteiger partial charge in [0.05, 0.1) is 0 Å². The van der Waals surface area contributed by atoms with Crippen molar-refractivity contribution in [1.82, 2.24) is 0 Å². The summed E-state index contributed by atoms with van der Waals surface area (Å²) < 4.78 is 35.2. The van der Waals surface area contributed by atoms with Gasteiger partial charge in [0, 0.05) is 6.42 Å². The predicted octanol–water partition coefficient (Wildman–Crippen LogP) is 2.78. The van der Waals surface area contributed by atoms with Crippen LogP contribution in [0.2, 0.25) is 0 Å². The molecular formula is C6H11F3. The van der Waals surface area contributed by atoms with Crippen LogP contribution >= 0.6 is 0 Å². The fourth-order valence-corrected chi connectivity index (χ4v) is 0.452. The van der Waals surface area contributed by atoms with Crippen LogP contribution < -0.4 is 0 Å². The SMILES string of the molecule is CC(C)(F)CCC(F)F. The standard InChI is InChI=1S/C6H11F3/c1-6(2,9)4-3-5(7)8/h5H,3-4H2,1-2H3. The fraction of sp³-hybridized carbons (Fsp3) is 1.00. The summed E-state index contributed by atoms with van der Waals surface area (Å²) in [6.45, 7) is 2.60. The van der Waals surface area contributed by atoms with Gasteiger partial charge in [-0.05, 0) is 20.3 Å². The molecule has 0 heterocycles. The van der Waals surface area contributed by atoms with Crippen LogP contribution in [-0.2, 0) is 0 Å². The Hall–Kier alpha value is -0.210. The van der Waals surface area contributed by atoms with E-state index in [0.717, 1.165) is 0 Å². The highest BCUT2D eigenvalue weighted by atomic mass is 19.3. The van der Waals surface area contributed by atoms with Crippen molar-refractivity contribution < 1.29 is 13.2 Å². The van der Waals surface area contributed by atoms with Gasteiger partial charge in [-0.1, -0.05) is 0 Å². The van der Waals surface area contributed by atoms with Crippen molar-refractivity contribution in [2.75, 3.05) is 0 Å². The highest BCUT2D eigenvalue weighted by molar-refractivity contribution is 4.65. The van der Waals surface area contributed by atoms with Gasteiger partial charge in [0.15, 0.2) is 0 Å². The van der Waals surface area contributed by atoms with Crippen LogP contribution in [0.1, 0.15) is 26.7 Å². The molecule has 0 unspecified atom stereocenters. The Morgan fingerprint density at radius 1 is 1.33 bits per heavy atom. The van der Waals surface area contributed by atoms with Gasteiger partial charge in [0.25, 0.3) is 0 Å². The summed E-state index contributed by atoms with van der Waals surface area (Å²) in [5.41, 5.74) is -1.45. The average molecular weight is 140 g/mol. The molecule has 0 amide bonds. The molecule has 0 N–H and O–H groups in total. The lowest BCUT2D eigenvalue weighted by Gasteiger charge is -2.12. The third-order valence-electron chi connectivity index (χ3n) is 0.957. The highest BCUT2D eigenvalue weighted by Crippen LogP contribution is 2.18. The molecule has 0 bridgehead atoms. The quantitative estimate of drug-likeness (QED) is 0.565. The summed E-state index contributed by atoms with van der Waals surface area (Å²) in [6, 6.07) is 0. The predicted molar refractivity (Wildman–Crippen MR) is 30.4 cm³/mol. The van der Waals surface area contributed by atoms with E-state index in [4.69, 9.17) is 0 Å². The summed E-state index contributed by atoms with van der Waals surface area (Å²) in [5.74, 6) is 0. The molecule has 0 aliphatic heterocycles. The lowest BCUT2D eigenvalue weighted by Crippen LogP contribution is -2.12. The lowest BCUT2D eigenvalue weighted by molar-refractivity contribution is 0.101. The third kappa shape index (κ3) is 7.79. The maximum Gasteiger partial charge on any atom is 0.238 e. The van der Waals surface area contributed by atoms with E-state index in [1.165, 1.54) is 13.8 Å². The van der Waals surface area contributed by atoms with Crippen LogP contribution in [0.25, 0.3) is 0 Å². The van der Waals surface area contributed by atoms with Gasteiger partial charge < -0.3 is 0 Å². The first-order valence-corrected chi connectivity index (χ1v) is 2.89. The number of hydrogen-bond acceptors (Lipinski definition) is 0. The molecule has 0 radical (unpaired) electrons. The van der Waals surface area contributed by atoms with Crippen molar-refractivity contribution in [2.45, 2.75) is 38.8 Å². The second-order valence-corrected chi connectivity index (χ2v) is 2.65. The first kappa shape index (κ1) is 8.79. The Labute approximate surface area is 53.1 Å². The number of halogens is 3. The molecule has 0 saturated heterocycles. The Morgan fingerprint density at radius 2 is 1.78 bits per heavy atom. The molecular weight excluding hydrogens is 129 g/mol. The van der Waals surface area contributed by atoms with E-state index >= 15 is 0 Å². The molecule has 0 aromatic rings. The largest absolute Gasteiger partial charge is 0.244 e. The monoisotopic (exact) mass is 140 g/mol.